The van der Waals surface area contributed by atoms with Crippen LogP contribution in [0.2, 0.25) is 0 Å². The molecule has 0 fully saturated rings. The Morgan fingerprint density at radius 1 is 1.11 bits per heavy atom. The first-order valence-corrected chi connectivity index (χ1v) is 7.00. The van der Waals surface area contributed by atoms with Gasteiger partial charge < -0.3 is 0 Å². The standard InChI is InChI=1S/C3H9F3NPSi/c1-8(2,3)7-9(4,5)6/h1-3H3. The van der Waals surface area contributed by atoms with Crippen LogP contribution in [-0.2, 0) is 0 Å². The molecule has 0 saturated carbocycles. The molecule has 0 heterocycles. The van der Waals surface area contributed by atoms with Crippen molar-refractivity contribution in [2.24, 2.45) is 4.41 Å². The molecule has 0 aliphatic heterocycles. The molecule has 0 aromatic rings. The molecule has 0 atom stereocenters. The fourth-order valence-electron chi connectivity index (χ4n) is 0.340. The van der Waals surface area contributed by atoms with E-state index in [0.29, 0.717) is 0 Å². The molecule has 0 aromatic carbocycles. The van der Waals surface area contributed by atoms with Crippen molar-refractivity contribution in [2.45, 2.75) is 0 Å². The second-order valence-corrected chi connectivity index (χ2v) is 8.13. The molecule has 1 nitrogen and oxygen atoms in total. The lowest BCUT2D eigenvalue weighted by Gasteiger charge is -2.05. The molecular formula is C3H9F3NPSi. The predicted octanol–water partition coefficient (Wildman–Crippen LogP) is 2.42. The van der Waals surface area contributed by atoms with Crippen LogP contribution in [0.4, 0.5) is 12.3 Å². The van der Waals surface area contributed by atoms with Crippen LogP contribution in [0.25, 0.3) is 0 Å². The summed E-state index contributed by atoms with van der Waals surface area (Å²) in [5, 5.41) is 0. The SMILES string of the molecule is CP(C)(C)=N[Si](F)(F)F. The van der Waals surface area contributed by atoms with E-state index in [1.54, 1.807) is 20.0 Å². The molecule has 0 radical (unpaired) electrons. The Kier molecular flexibility index (Phi) is 2.53. The van der Waals surface area contributed by atoms with Crippen molar-refractivity contribution in [1.29, 1.82) is 0 Å². The van der Waals surface area contributed by atoms with Crippen LogP contribution in [0.1, 0.15) is 0 Å². The lowest BCUT2D eigenvalue weighted by atomic mass is 11.9. The van der Waals surface area contributed by atoms with Gasteiger partial charge in [-0.25, -0.2) is 16.7 Å². The zero-order valence-corrected chi connectivity index (χ0v) is 7.42. The first-order valence-electron chi connectivity index (χ1n) is 2.33. The Morgan fingerprint density at radius 3 is 1.44 bits per heavy atom. The quantitative estimate of drug-likeness (QED) is 0.329. The van der Waals surface area contributed by atoms with E-state index >= 15 is 0 Å². The summed E-state index contributed by atoms with van der Waals surface area (Å²) in [5.74, 6) is 0. The molecule has 0 aliphatic rings. The molecule has 6 heteroatoms. The summed E-state index contributed by atoms with van der Waals surface area (Å²) >= 11 is 0. The van der Waals surface area contributed by atoms with Gasteiger partial charge in [0.2, 0.25) is 0 Å². The zero-order valence-electron chi connectivity index (χ0n) is 5.53. The normalized spacial score (nSPS) is 13.6. The maximum absolute atomic E-state index is 11.6. The summed E-state index contributed by atoms with van der Waals surface area (Å²) in [6.07, 6.45) is 0. The summed E-state index contributed by atoms with van der Waals surface area (Å²) < 4.78 is 37.4. The second kappa shape index (κ2) is 2.46. The highest BCUT2D eigenvalue weighted by Crippen LogP contribution is 2.39. The monoisotopic (exact) mass is 175 g/mol. The second-order valence-electron chi connectivity index (χ2n) is 2.51. The molecule has 0 unspecified atom stereocenters. The first kappa shape index (κ1) is 9.24. The van der Waals surface area contributed by atoms with Crippen molar-refractivity contribution in [3.05, 3.63) is 0 Å². The van der Waals surface area contributed by atoms with Gasteiger partial charge in [0.25, 0.3) is 0 Å². The highest BCUT2D eigenvalue weighted by atomic mass is 31.2. The Labute approximate surface area is 53.9 Å². The molecule has 0 amide bonds. The van der Waals surface area contributed by atoms with Crippen LogP contribution < -0.4 is 0 Å². The molecule has 0 aromatic heterocycles. The number of rotatable bonds is 1. The predicted molar refractivity (Wildman–Crippen MR) is 36.2 cm³/mol. The number of hydrogen-bond acceptors (Lipinski definition) is 1. The van der Waals surface area contributed by atoms with Crippen molar-refractivity contribution in [3.63, 3.8) is 0 Å². The number of hydrogen-bond donors (Lipinski definition) is 0. The van der Waals surface area contributed by atoms with Crippen molar-refractivity contribution in [2.75, 3.05) is 20.0 Å². The van der Waals surface area contributed by atoms with Gasteiger partial charge in [-0.15, -0.1) is 0 Å². The van der Waals surface area contributed by atoms with Crippen molar-refractivity contribution >= 4 is 16.3 Å². The van der Waals surface area contributed by atoms with Crippen LogP contribution in [0.15, 0.2) is 4.41 Å². The Bertz CT molecular complexity index is 137. The van der Waals surface area contributed by atoms with Crippen LogP contribution in [0.3, 0.4) is 0 Å². The Morgan fingerprint density at radius 2 is 1.44 bits per heavy atom. The summed E-state index contributed by atoms with van der Waals surface area (Å²) in [6.45, 7) is 4.65. The first-order chi connectivity index (χ1) is 3.71. The molecule has 0 saturated heterocycles. The topological polar surface area (TPSA) is 12.4 Å². The summed E-state index contributed by atoms with van der Waals surface area (Å²) in [4.78, 5) is 0. The van der Waals surface area contributed by atoms with E-state index < -0.39 is 16.3 Å². The Balaban J connectivity index is 4.32. The molecule has 0 N–H and O–H groups in total. The van der Waals surface area contributed by atoms with Gasteiger partial charge in [-0.2, -0.15) is 0 Å². The van der Waals surface area contributed by atoms with E-state index in [-0.39, 0.29) is 0 Å². The molecule has 56 valence electrons. The zero-order chi connectivity index (χ0) is 7.71. The minimum atomic E-state index is -5.62. The van der Waals surface area contributed by atoms with Crippen molar-refractivity contribution < 1.29 is 12.3 Å². The van der Waals surface area contributed by atoms with Crippen LogP contribution in [-0.4, -0.2) is 29.2 Å². The van der Waals surface area contributed by atoms with Crippen LogP contribution in [0.5, 0.6) is 0 Å². The third kappa shape index (κ3) is 8.24. The van der Waals surface area contributed by atoms with E-state index in [1.165, 1.54) is 0 Å². The third-order valence-corrected chi connectivity index (χ3v) is 3.72. The minimum absolute atomic E-state index is 1.55. The fourth-order valence-corrected chi connectivity index (χ4v) is 3.06. The summed E-state index contributed by atoms with van der Waals surface area (Å²) in [6, 6.07) is 0. The van der Waals surface area contributed by atoms with Crippen molar-refractivity contribution in [3.8, 4) is 0 Å². The smallest absolute Gasteiger partial charge is 0.250 e. The van der Waals surface area contributed by atoms with E-state index in [2.05, 4.69) is 4.41 Å². The molecule has 9 heavy (non-hydrogen) atoms. The summed E-state index contributed by atoms with van der Waals surface area (Å²) in [5.41, 5.74) is 0. The lowest BCUT2D eigenvalue weighted by molar-refractivity contribution is 0.477. The Hall–Kier alpha value is 0.237. The van der Waals surface area contributed by atoms with E-state index in [9.17, 15) is 12.3 Å². The van der Waals surface area contributed by atoms with Gasteiger partial charge in [0.05, 0.1) is 0 Å². The van der Waals surface area contributed by atoms with Gasteiger partial charge in [0.1, 0.15) is 0 Å². The average Bonchev–Trinajstić information content (AvgIpc) is 1.14. The molecule has 0 rings (SSSR count). The summed E-state index contributed by atoms with van der Waals surface area (Å²) in [7, 11) is -7.59. The fraction of sp³-hybridized carbons (Fsp3) is 1.00. The lowest BCUT2D eigenvalue weighted by Crippen LogP contribution is -2.09. The van der Waals surface area contributed by atoms with Gasteiger partial charge >= 0.3 is 9.24 Å². The highest BCUT2D eigenvalue weighted by Gasteiger charge is 2.38. The maximum atomic E-state index is 11.6. The van der Waals surface area contributed by atoms with Gasteiger partial charge in [-0.3, -0.25) is 0 Å². The van der Waals surface area contributed by atoms with E-state index in [0.717, 1.165) is 0 Å². The van der Waals surface area contributed by atoms with E-state index in [4.69, 9.17) is 0 Å². The number of nitrogens with zero attached hydrogens (tertiary/aromatic N) is 1. The third-order valence-electron chi connectivity index (χ3n) is 0.413. The number of halogens is 3. The molecule has 0 spiro atoms. The largest absolute Gasteiger partial charge is 0.772 e. The average molecular weight is 175 g/mol. The molecule has 0 bridgehead atoms. The van der Waals surface area contributed by atoms with Crippen LogP contribution >= 0.6 is 7.05 Å². The van der Waals surface area contributed by atoms with Gasteiger partial charge in [0, 0.05) is 0 Å². The molecular weight excluding hydrogens is 166 g/mol. The minimum Gasteiger partial charge on any atom is -0.250 e. The van der Waals surface area contributed by atoms with Gasteiger partial charge in [-0.1, -0.05) is 0 Å². The van der Waals surface area contributed by atoms with Crippen LogP contribution in [0, 0.1) is 0 Å². The highest BCUT2D eigenvalue weighted by molar-refractivity contribution is 7.64. The van der Waals surface area contributed by atoms with E-state index in [1.807, 2.05) is 0 Å². The van der Waals surface area contributed by atoms with Gasteiger partial charge in [0.15, 0.2) is 0 Å². The maximum Gasteiger partial charge on any atom is 0.772 e. The van der Waals surface area contributed by atoms with Crippen molar-refractivity contribution in [1.82, 2.24) is 0 Å². The van der Waals surface area contributed by atoms with Gasteiger partial charge in [-0.05, 0) is 27.0 Å². The molecule has 0 aliphatic carbocycles.